The summed E-state index contributed by atoms with van der Waals surface area (Å²) < 4.78 is 0. The number of anilines is 5. The van der Waals surface area contributed by atoms with Crippen LogP contribution in [0.5, 0.6) is 0 Å². The number of halogens is 1. The maximum atomic E-state index is 8.92. The number of nitrogen functional groups attached to an aromatic ring is 5. The lowest BCUT2D eigenvalue weighted by Gasteiger charge is -2.10. The fourth-order valence-electron chi connectivity index (χ4n) is 9.24. The Balaban J connectivity index is 0.000000140. The van der Waals surface area contributed by atoms with Crippen LogP contribution in [-0.4, -0.2) is 71.1 Å². The first-order valence-electron chi connectivity index (χ1n) is 28.4. The van der Waals surface area contributed by atoms with Gasteiger partial charge in [-0.15, -0.1) is 0 Å². The number of aliphatic hydroxyl groups excluding tert-OH is 1. The molecule has 0 saturated carbocycles. The highest BCUT2D eigenvalue weighted by Crippen LogP contribution is 2.30. The maximum Gasteiger partial charge on any atom is 0.220 e. The number of pyridine rings is 2. The molecule has 3 aromatic carbocycles. The van der Waals surface area contributed by atoms with Crippen molar-refractivity contribution in [3.63, 3.8) is 0 Å². The lowest BCUT2D eigenvalue weighted by Crippen LogP contribution is -2.01. The van der Waals surface area contributed by atoms with Crippen LogP contribution in [0.25, 0.3) is 62.4 Å². The fraction of sp³-hybridized carbons (Fsp3) is 0.227. The SMILES string of the molecule is CCc1cc(-c2cc3c(cc2C)CN=C3)nc(N)n1.CCc1cc(-c2ccc(CO)nc2)nc(N)n1.CCc1cc(-c2ccc3c(c2)C=CC3)nc(N)n1.CCc1cc(-c2cccc(C)c2)nc(N)n1.CCc1cc(-c2ccncc2Cl)nc(N)n1. The van der Waals surface area contributed by atoms with E-state index in [1.165, 1.54) is 33.4 Å². The zero-order valence-corrected chi connectivity index (χ0v) is 50.2. The number of aliphatic imine (C=N–C) groups is 1. The highest BCUT2D eigenvalue weighted by atomic mass is 35.5. The number of fused-ring (bicyclic) bond motifs is 2. The van der Waals surface area contributed by atoms with E-state index in [1.807, 2.05) is 74.7 Å². The van der Waals surface area contributed by atoms with Gasteiger partial charge in [0.15, 0.2) is 0 Å². The molecule has 438 valence electrons. The zero-order chi connectivity index (χ0) is 61.3. The van der Waals surface area contributed by atoms with Crippen LogP contribution in [0, 0.1) is 13.8 Å². The molecule has 0 saturated heterocycles. The molecule has 20 heteroatoms. The molecule has 0 atom stereocenters. The second-order valence-corrected chi connectivity index (χ2v) is 20.5. The Morgan fingerprint density at radius 2 is 0.965 bits per heavy atom. The van der Waals surface area contributed by atoms with Crippen LogP contribution in [0.4, 0.5) is 29.7 Å². The highest BCUT2D eigenvalue weighted by Gasteiger charge is 2.15. The topological polar surface area (TPSA) is 317 Å². The fourth-order valence-corrected chi connectivity index (χ4v) is 9.46. The predicted molar refractivity (Wildman–Crippen MR) is 346 cm³/mol. The van der Waals surface area contributed by atoms with E-state index in [0.29, 0.717) is 28.6 Å². The van der Waals surface area contributed by atoms with Gasteiger partial charge in [-0.05, 0) is 147 Å². The van der Waals surface area contributed by atoms with Gasteiger partial charge in [0.25, 0.3) is 0 Å². The van der Waals surface area contributed by atoms with Gasteiger partial charge in [0.05, 0.1) is 52.3 Å². The Morgan fingerprint density at radius 3 is 1.47 bits per heavy atom. The van der Waals surface area contributed by atoms with Crippen molar-refractivity contribution in [2.24, 2.45) is 4.99 Å². The number of nitrogens with zero attached hydrogens (tertiary/aromatic N) is 13. The summed E-state index contributed by atoms with van der Waals surface area (Å²) in [7, 11) is 0. The monoisotopic (exact) mass is 1170 g/mol. The van der Waals surface area contributed by atoms with Gasteiger partial charge in [-0.3, -0.25) is 15.0 Å². The average molecular weight is 1170 g/mol. The lowest BCUT2D eigenvalue weighted by molar-refractivity contribution is 0.277. The number of hydrogen-bond donors (Lipinski definition) is 6. The number of allylic oxidation sites excluding steroid dienone is 1. The molecule has 8 heterocycles. The first kappa shape index (κ1) is 62.1. The molecule has 0 amide bonds. The summed E-state index contributed by atoms with van der Waals surface area (Å²) in [6.45, 7) is 15.1. The lowest BCUT2D eigenvalue weighted by atomic mass is 9.98. The Labute approximate surface area is 506 Å². The van der Waals surface area contributed by atoms with Gasteiger partial charge in [0, 0.05) is 81.1 Å². The third kappa shape index (κ3) is 16.6. The van der Waals surface area contributed by atoms with Gasteiger partial charge in [-0.1, -0.05) is 100 Å². The van der Waals surface area contributed by atoms with Crippen molar-refractivity contribution >= 4 is 53.6 Å². The average Bonchev–Trinajstić information content (AvgIpc) is 4.34. The second-order valence-electron chi connectivity index (χ2n) is 20.1. The molecule has 1 aliphatic carbocycles. The Bertz CT molecular complexity index is 4040. The van der Waals surface area contributed by atoms with Gasteiger partial charge in [-0.25, -0.2) is 49.8 Å². The van der Waals surface area contributed by atoms with Crippen LogP contribution >= 0.6 is 11.6 Å². The van der Waals surface area contributed by atoms with E-state index < -0.39 is 0 Å². The molecular weight excluding hydrogens is 1100 g/mol. The molecule has 19 nitrogen and oxygen atoms in total. The van der Waals surface area contributed by atoms with Crippen LogP contribution in [0.1, 0.15) is 102 Å². The van der Waals surface area contributed by atoms with E-state index >= 15 is 0 Å². The molecule has 0 bridgehead atoms. The summed E-state index contributed by atoms with van der Waals surface area (Å²) in [5, 5.41) is 9.48. The normalized spacial score (nSPS) is 11.4. The van der Waals surface area contributed by atoms with Gasteiger partial charge >= 0.3 is 0 Å². The predicted octanol–water partition coefficient (Wildman–Crippen LogP) is 11.5. The molecule has 10 aromatic rings. The minimum absolute atomic E-state index is 0.0631. The van der Waals surface area contributed by atoms with Crippen molar-refractivity contribution in [2.45, 2.75) is 100 Å². The van der Waals surface area contributed by atoms with E-state index in [0.717, 1.165) is 130 Å². The van der Waals surface area contributed by atoms with Crippen LogP contribution in [0.2, 0.25) is 5.02 Å². The number of aryl methyl sites for hydroxylation is 7. The Kier molecular flexibility index (Phi) is 21.3. The molecule has 1 aliphatic heterocycles. The Hall–Kier alpha value is -9.98. The summed E-state index contributed by atoms with van der Waals surface area (Å²) in [5.74, 6) is 1.56. The molecule has 7 aromatic heterocycles. The number of aromatic nitrogens is 12. The summed E-state index contributed by atoms with van der Waals surface area (Å²) in [4.78, 5) is 54.4. The summed E-state index contributed by atoms with van der Waals surface area (Å²) in [6.07, 6.45) is 16.4. The van der Waals surface area contributed by atoms with Crippen molar-refractivity contribution in [1.29, 1.82) is 0 Å². The van der Waals surface area contributed by atoms with Gasteiger partial charge in [-0.2, -0.15) is 0 Å². The Morgan fingerprint density at radius 1 is 0.465 bits per heavy atom. The molecule has 12 rings (SSSR count). The van der Waals surface area contributed by atoms with Crippen LogP contribution in [0.3, 0.4) is 0 Å². The molecular formula is C66H71ClN18O. The van der Waals surface area contributed by atoms with Crippen molar-refractivity contribution < 1.29 is 5.11 Å². The third-order valence-corrected chi connectivity index (χ3v) is 14.1. The molecule has 0 radical (unpaired) electrons. The van der Waals surface area contributed by atoms with Crippen molar-refractivity contribution in [2.75, 3.05) is 28.7 Å². The van der Waals surface area contributed by atoms with E-state index in [2.05, 4.69) is 154 Å². The first-order valence-corrected chi connectivity index (χ1v) is 28.8. The van der Waals surface area contributed by atoms with E-state index in [4.69, 9.17) is 45.4 Å². The van der Waals surface area contributed by atoms with Gasteiger partial charge in [0.2, 0.25) is 29.7 Å². The first-order chi connectivity index (χ1) is 41.5. The van der Waals surface area contributed by atoms with E-state index in [1.54, 1.807) is 24.7 Å². The van der Waals surface area contributed by atoms with Crippen LogP contribution in [-0.2, 0) is 51.7 Å². The molecule has 11 N–H and O–H groups in total. The van der Waals surface area contributed by atoms with Crippen molar-refractivity contribution in [3.8, 4) is 56.3 Å². The second kappa shape index (κ2) is 29.5. The number of hydrogen-bond acceptors (Lipinski definition) is 19. The number of nitrogens with two attached hydrogens (primary N) is 5. The van der Waals surface area contributed by atoms with Crippen molar-refractivity contribution in [3.05, 3.63) is 200 Å². The molecule has 0 fully saturated rings. The zero-order valence-electron chi connectivity index (χ0n) is 49.5. The minimum Gasteiger partial charge on any atom is -0.390 e. The summed E-state index contributed by atoms with van der Waals surface area (Å²) >= 11 is 6.04. The van der Waals surface area contributed by atoms with E-state index in [9.17, 15) is 0 Å². The quantitative estimate of drug-likeness (QED) is 0.0701. The molecule has 86 heavy (non-hydrogen) atoms. The molecule has 2 aliphatic rings. The smallest absolute Gasteiger partial charge is 0.220 e. The number of rotatable bonds is 11. The molecule has 0 unspecified atom stereocenters. The van der Waals surface area contributed by atoms with Gasteiger partial charge < -0.3 is 33.8 Å². The maximum absolute atomic E-state index is 8.92. The largest absolute Gasteiger partial charge is 0.390 e. The standard InChI is InChI=1S/C15H16N4.C15H15N3.C13H15N3.C12H14N4O.C11H11ClN4/c1-3-12-6-14(19-15(16)18-12)13-5-11-8-17-7-10(11)4-9(13)2;1-2-13-9-14(18-15(16)17-13)12-7-6-10-4-3-5-11(10)8-12;1-3-11-8-12(16-13(14)15-11)10-6-4-5-9(2)7-10;1-2-9-5-11(16-12(13)15-9)8-3-4-10(7-17)14-6-8;1-2-7-5-10(16-11(13)15-7)8-3-4-14-6-9(8)12/h4-6,8H,3,7H2,1-2H3,(H2,16,18,19);3,5-9H,2,4H2,1H3,(H2,16,17,18);4-8H,3H2,1-2H3,(H2,14,15,16);3-6,17H,2,7H2,1H3,(H2,13,15,16);3-6H,2H2,1H3,(H2,13,15,16). The number of benzene rings is 3. The van der Waals surface area contributed by atoms with Gasteiger partial charge in [0.1, 0.15) is 0 Å². The summed E-state index contributed by atoms with van der Waals surface area (Å²) in [5.41, 5.74) is 50.6. The van der Waals surface area contributed by atoms with Crippen LogP contribution in [0.15, 0.2) is 133 Å². The summed E-state index contributed by atoms with van der Waals surface area (Å²) in [6, 6.07) is 34.2. The highest BCUT2D eigenvalue weighted by molar-refractivity contribution is 6.33. The molecule has 0 spiro atoms. The van der Waals surface area contributed by atoms with Crippen molar-refractivity contribution in [1.82, 2.24) is 59.8 Å². The van der Waals surface area contributed by atoms with E-state index in [-0.39, 0.29) is 18.5 Å². The minimum atomic E-state index is -0.0631. The van der Waals surface area contributed by atoms with Crippen LogP contribution < -0.4 is 28.7 Å². The third-order valence-electron chi connectivity index (χ3n) is 13.8. The number of aliphatic hydroxyl groups is 1.